The summed E-state index contributed by atoms with van der Waals surface area (Å²) in [6, 6.07) is 5.65. The van der Waals surface area contributed by atoms with E-state index in [2.05, 4.69) is 10.2 Å². The summed E-state index contributed by atoms with van der Waals surface area (Å²) < 4.78 is 25.0. The summed E-state index contributed by atoms with van der Waals surface area (Å²) in [4.78, 5) is 14.2. The average Bonchev–Trinajstić information content (AvgIpc) is 3.01. The number of rotatable bonds is 6. The van der Waals surface area contributed by atoms with E-state index in [1.165, 1.54) is 40.7 Å². The van der Waals surface area contributed by atoms with E-state index in [1.807, 2.05) is 6.92 Å². The van der Waals surface area contributed by atoms with Gasteiger partial charge in [-0.3, -0.25) is 4.79 Å². The lowest BCUT2D eigenvalue weighted by atomic mass is 10.3. The van der Waals surface area contributed by atoms with Gasteiger partial charge in [0.15, 0.2) is 5.82 Å². The summed E-state index contributed by atoms with van der Waals surface area (Å²) in [5.41, 5.74) is 0. The molecule has 0 bridgehead atoms. The minimum atomic E-state index is -0.342. The number of hydrogen-bond donors (Lipinski definition) is 1. The molecule has 1 saturated heterocycles. The molecule has 0 aliphatic carbocycles. The molecule has 0 saturated carbocycles. The van der Waals surface area contributed by atoms with E-state index in [0.717, 1.165) is 0 Å². The molecule has 1 aliphatic heterocycles. The normalized spacial score (nSPS) is 15.7. The van der Waals surface area contributed by atoms with Crippen molar-refractivity contribution in [1.82, 2.24) is 19.8 Å². The number of ether oxygens (including phenoxy) is 2. The maximum Gasteiger partial charge on any atom is 0.236 e. The van der Waals surface area contributed by atoms with Gasteiger partial charge in [-0.05, 0) is 31.2 Å². The van der Waals surface area contributed by atoms with Gasteiger partial charge < -0.3 is 20.2 Å². The number of carbonyl (C=O) groups excluding carboxylic acids is 1. The fourth-order valence-corrected chi connectivity index (χ4v) is 3.29. The lowest BCUT2D eigenvalue weighted by molar-refractivity contribution is -0.134. The van der Waals surface area contributed by atoms with Crippen molar-refractivity contribution in [2.45, 2.75) is 23.9 Å². The summed E-state index contributed by atoms with van der Waals surface area (Å²) in [6.45, 7) is 4.20. The molecule has 3 rings (SSSR count). The number of nitrogen functional groups attached to an aromatic ring is 1. The van der Waals surface area contributed by atoms with Crippen LogP contribution in [0.4, 0.5) is 4.39 Å². The number of nitrogens with two attached hydrogens (primary N) is 1. The standard InChI is InChI=1S/C16H20FN5O3S/c1-11(15(23)21-6-8-24-9-7-21)26-16-20-19-14(22(16)18)10-25-13-4-2-12(17)3-5-13/h2-5,11H,6-10,18H2,1H3. The Bertz CT molecular complexity index is 749. The second-order valence-electron chi connectivity index (χ2n) is 5.71. The first-order valence-corrected chi connectivity index (χ1v) is 9.03. The molecule has 140 valence electrons. The molecule has 1 fully saturated rings. The van der Waals surface area contributed by atoms with Crippen LogP contribution in [-0.4, -0.2) is 57.2 Å². The van der Waals surface area contributed by atoms with Crippen LogP contribution in [0.3, 0.4) is 0 Å². The molecule has 26 heavy (non-hydrogen) atoms. The van der Waals surface area contributed by atoms with Crippen molar-refractivity contribution in [2.75, 3.05) is 32.1 Å². The van der Waals surface area contributed by atoms with Crippen molar-refractivity contribution in [3.05, 3.63) is 35.9 Å². The van der Waals surface area contributed by atoms with E-state index in [-0.39, 0.29) is 23.6 Å². The average molecular weight is 381 g/mol. The highest BCUT2D eigenvalue weighted by atomic mass is 32.2. The quantitative estimate of drug-likeness (QED) is 0.590. The van der Waals surface area contributed by atoms with Crippen LogP contribution in [0.1, 0.15) is 12.7 Å². The van der Waals surface area contributed by atoms with Gasteiger partial charge in [0.25, 0.3) is 0 Å². The third-order valence-corrected chi connectivity index (χ3v) is 4.91. The van der Waals surface area contributed by atoms with Crippen LogP contribution >= 0.6 is 11.8 Å². The van der Waals surface area contributed by atoms with Gasteiger partial charge in [-0.2, -0.15) is 0 Å². The Morgan fingerprint density at radius 1 is 1.35 bits per heavy atom. The maximum atomic E-state index is 12.9. The predicted molar refractivity (Wildman–Crippen MR) is 93.6 cm³/mol. The molecular formula is C16H20FN5O3S. The Morgan fingerprint density at radius 3 is 2.73 bits per heavy atom. The van der Waals surface area contributed by atoms with E-state index < -0.39 is 0 Å². The molecule has 1 aromatic heterocycles. The molecular weight excluding hydrogens is 361 g/mol. The third-order valence-electron chi connectivity index (χ3n) is 3.87. The lowest BCUT2D eigenvalue weighted by Crippen LogP contribution is -2.44. The number of aromatic nitrogens is 3. The minimum Gasteiger partial charge on any atom is -0.486 e. The molecule has 1 unspecified atom stereocenters. The molecule has 10 heteroatoms. The zero-order chi connectivity index (χ0) is 18.5. The smallest absolute Gasteiger partial charge is 0.236 e. The highest BCUT2D eigenvalue weighted by Gasteiger charge is 2.25. The fraction of sp³-hybridized carbons (Fsp3) is 0.438. The summed E-state index contributed by atoms with van der Waals surface area (Å²) in [5, 5.41) is 8.11. The molecule has 0 spiro atoms. The second-order valence-corrected chi connectivity index (χ2v) is 7.02. The van der Waals surface area contributed by atoms with Crippen LogP contribution in [0.15, 0.2) is 29.4 Å². The van der Waals surface area contributed by atoms with Gasteiger partial charge in [-0.25, -0.2) is 9.07 Å². The highest BCUT2D eigenvalue weighted by molar-refractivity contribution is 8.00. The molecule has 1 aliphatic rings. The van der Waals surface area contributed by atoms with Crippen molar-refractivity contribution in [1.29, 1.82) is 0 Å². The molecule has 2 aromatic rings. The molecule has 2 heterocycles. The first-order chi connectivity index (χ1) is 12.5. The highest BCUT2D eigenvalue weighted by Crippen LogP contribution is 2.23. The molecule has 8 nitrogen and oxygen atoms in total. The topological polar surface area (TPSA) is 95.5 Å². The summed E-state index contributed by atoms with van der Waals surface area (Å²) in [5.74, 6) is 6.59. The van der Waals surface area contributed by atoms with Crippen molar-refractivity contribution in [2.24, 2.45) is 0 Å². The Labute approximate surface area is 154 Å². The largest absolute Gasteiger partial charge is 0.486 e. The van der Waals surface area contributed by atoms with Gasteiger partial charge in [0.05, 0.1) is 18.5 Å². The fourth-order valence-electron chi connectivity index (χ4n) is 2.41. The summed E-state index contributed by atoms with van der Waals surface area (Å²) in [6.07, 6.45) is 0. The number of hydrogen-bond acceptors (Lipinski definition) is 7. The van der Waals surface area contributed by atoms with E-state index in [4.69, 9.17) is 15.3 Å². The second kappa shape index (κ2) is 8.37. The Kier molecular flexibility index (Phi) is 5.94. The monoisotopic (exact) mass is 381 g/mol. The number of benzene rings is 1. The Hall–Kier alpha value is -2.33. The van der Waals surface area contributed by atoms with E-state index in [9.17, 15) is 9.18 Å². The van der Waals surface area contributed by atoms with Crippen LogP contribution in [0, 0.1) is 5.82 Å². The molecule has 2 N–H and O–H groups in total. The third kappa shape index (κ3) is 4.44. The number of carbonyl (C=O) groups is 1. The summed E-state index contributed by atoms with van der Waals surface area (Å²) >= 11 is 1.24. The zero-order valence-corrected chi connectivity index (χ0v) is 15.1. The molecule has 1 atom stereocenters. The van der Waals surface area contributed by atoms with Gasteiger partial charge in [0, 0.05) is 13.1 Å². The molecule has 1 aromatic carbocycles. The van der Waals surface area contributed by atoms with Crippen molar-refractivity contribution in [3.63, 3.8) is 0 Å². The van der Waals surface area contributed by atoms with Crippen molar-refractivity contribution < 1.29 is 18.7 Å². The number of morpholine rings is 1. The molecule has 0 radical (unpaired) electrons. The van der Waals surface area contributed by atoms with Crippen LogP contribution in [0.2, 0.25) is 0 Å². The number of halogens is 1. The van der Waals surface area contributed by atoms with E-state index in [0.29, 0.717) is 43.0 Å². The van der Waals surface area contributed by atoms with Crippen LogP contribution < -0.4 is 10.6 Å². The van der Waals surface area contributed by atoms with Crippen molar-refractivity contribution >= 4 is 17.7 Å². The Morgan fingerprint density at radius 2 is 2.04 bits per heavy atom. The summed E-state index contributed by atoms with van der Waals surface area (Å²) in [7, 11) is 0. The minimum absolute atomic E-state index is 0.0189. The maximum absolute atomic E-state index is 12.9. The van der Waals surface area contributed by atoms with Crippen LogP contribution in [0.25, 0.3) is 0 Å². The first kappa shape index (κ1) is 18.5. The molecule has 1 amide bonds. The van der Waals surface area contributed by atoms with E-state index in [1.54, 1.807) is 4.90 Å². The number of thioether (sulfide) groups is 1. The van der Waals surface area contributed by atoms with Gasteiger partial charge in [-0.15, -0.1) is 10.2 Å². The van der Waals surface area contributed by atoms with Gasteiger partial charge in [0.2, 0.25) is 11.1 Å². The van der Waals surface area contributed by atoms with Crippen LogP contribution in [-0.2, 0) is 16.1 Å². The van der Waals surface area contributed by atoms with Crippen molar-refractivity contribution in [3.8, 4) is 5.75 Å². The van der Waals surface area contributed by atoms with Gasteiger partial charge in [0.1, 0.15) is 18.2 Å². The van der Waals surface area contributed by atoms with Crippen LogP contribution in [0.5, 0.6) is 5.75 Å². The van der Waals surface area contributed by atoms with E-state index >= 15 is 0 Å². The Balaban J connectivity index is 1.57. The number of nitrogens with zero attached hydrogens (tertiary/aromatic N) is 4. The zero-order valence-electron chi connectivity index (χ0n) is 14.3. The van der Waals surface area contributed by atoms with Gasteiger partial charge >= 0.3 is 0 Å². The van der Waals surface area contributed by atoms with Gasteiger partial charge in [-0.1, -0.05) is 11.8 Å². The lowest BCUT2D eigenvalue weighted by Gasteiger charge is -2.28. The predicted octanol–water partition coefficient (Wildman–Crippen LogP) is 1.05. The number of amides is 1. The SMILES string of the molecule is CC(Sc1nnc(COc2ccc(F)cc2)n1N)C(=O)N1CCOCC1. The first-order valence-electron chi connectivity index (χ1n) is 8.15.